The van der Waals surface area contributed by atoms with Crippen molar-refractivity contribution in [3.05, 3.63) is 112 Å². The molecule has 0 radical (unpaired) electrons. The molecule has 7 nitrogen and oxygen atoms in total. The summed E-state index contributed by atoms with van der Waals surface area (Å²) < 4.78 is 1.92. The number of non-ortho nitro benzene ring substituents is 1. The van der Waals surface area contributed by atoms with Crippen LogP contribution in [0.25, 0.3) is 5.69 Å². The summed E-state index contributed by atoms with van der Waals surface area (Å²) >= 11 is 1.52. The van der Waals surface area contributed by atoms with Crippen molar-refractivity contribution in [2.75, 3.05) is 0 Å². The molecule has 0 atom stereocenters. The number of aromatic carboxylic acids is 1. The fourth-order valence-corrected chi connectivity index (χ4v) is 3.83. The van der Waals surface area contributed by atoms with E-state index in [2.05, 4.69) is 4.99 Å². The van der Waals surface area contributed by atoms with Gasteiger partial charge in [0, 0.05) is 33.8 Å². The minimum Gasteiger partial charge on any atom is -0.478 e. The van der Waals surface area contributed by atoms with Crippen LogP contribution in [0.1, 0.15) is 16.1 Å². The molecule has 0 amide bonds. The van der Waals surface area contributed by atoms with Crippen LogP contribution in [0.4, 0.5) is 11.4 Å². The highest BCUT2D eigenvalue weighted by Gasteiger charge is 2.06. The number of aliphatic imine (C=N–C) groups is 1. The van der Waals surface area contributed by atoms with Gasteiger partial charge in [0.2, 0.25) is 0 Å². The van der Waals surface area contributed by atoms with E-state index in [9.17, 15) is 14.9 Å². The van der Waals surface area contributed by atoms with Gasteiger partial charge in [0.05, 0.1) is 28.1 Å². The second-order valence-corrected chi connectivity index (χ2v) is 7.91. The maximum absolute atomic E-state index is 11.0. The third-order valence-corrected chi connectivity index (χ3v) is 5.65. The molecule has 158 valence electrons. The first kappa shape index (κ1) is 21.1. The Hall–Kier alpha value is -4.17. The lowest BCUT2D eigenvalue weighted by molar-refractivity contribution is -0.384. The van der Waals surface area contributed by atoms with Crippen LogP contribution in [0.3, 0.4) is 0 Å². The molecule has 32 heavy (non-hydrogen) atoms. The number of nitro groups is 1. The van der Waals surface area contributed by atoms with Gasteiger partial charge >= 0.3 is 5.97 Å². The monoisotopic (exact) mass is 443 g/mol. The Bertz CT molecular complexity index is 1280. The number of rotatable bonds is 7. The van der Waals surface area contributed by atoms with Gasteiger partial charge in [0.25, 0.3) is 5.69 Å². The van der Waals surface area contributed by atoms with Crippen LogP contribution in [0, 0.1) is 10.1 Å². The SMILES string of the molecule is O=C(O)c1ccc(-n2cccc2C=Nc2ccc(Sc3ccc([N+](=O)[O-])cc3)cc2)cc1. The van der Waals surface area contributed by atoms with E-state index in [1.165, 1.54) is 23.9 Å². The number of nitrogens with zero attached hydrogens (tertiary/aromatic N) is 3. The Morgan fingerprint density at radius 1 is 0.938 bits per heavy atom. The molecule has 3 aromatic carbocycles. The highest BCUT2D eigenvalue weighted by Crippen LogP contribution is 2.30. The molecule has 1 aromatic heterocycles. The van der Waals surface area contributed by atoms with Crippen molar-refractivity contribution >= 4 is 35.3 Å². The molecule has 0 saturated carbocycles. The lowest BCUT2D eigenvalue weighted by Crippen LogP contribution is -2.00. The summed E-state index contributed by atoms with van der Waals surface area (Å²) in [5.74, 6) is -0.957. The minimum absolute atomic E-state index is 0.0709. The zero-order chi connectivity index (χ0) is 22.5. The van der Waals surface area contributed by atoms with Crippen LogP contribution < -0.4 is 0 Å². The number of aromatic nitrogens is 1. The Morgan fingerprint density at radius 2 is 1.56 bits per heavy atom. The van der Waals surface area contributed by atoms with Crippen molar-refractivity contribution in [3.63, 3.8) is 0 Å². The quantitative estimate of drug-likeness (QED) is 0.215. The van der Waals surface area contributed by atoms with E-state index >= 15 is 0 Å². The molecule has 1 heterocycles. The highest BCUT2D eigenvalue weighted by molar-refractivity contribution is 7.99. The smallest absolute Gasteiger partial charge is 0.335 e. The van der Waals surface area contributed by atoms with Gasteiger partial charge in [-0.15, -0.1) is 0 Å². The fourth-order valence-electron chi connectivity index (χ4n) is 3.01. The van der Waals surface area contributed by atoms with Crippen molar-refractivity contribution in [2.45, 2.75) is 9.79 Å². The van der Waals surface area contributed by atoms with Crippen LogP contribution >= 0.6 is 11.8 Å². The molecule has 0 fully saturated rings. The molecule has 0 unspecified atom stereocenters. The molecule has 8 heteroatoms. The Labute approximate surface area is 187 Å². The van der Waals surface area contributed by atoms with Crippen LogP contribution in [-0.2, 0) is 0 Å². The first-order valence-electron chi connectivity index (χ1n) is 9.57. The number of carbonyl (C=O) groups is 1. The number of benzene rings is 3. The van der Waals surface area contributed by atoms with E-state index in [-0.39, 0.29) is 11.3 Å². The van der Waals surface area contributed by atoms with Crippen molar-refractivity contribution in [3.8, 4) is 5.69 Å². The van der Waals surface area contributed by atoms with Crippen molar-refractivity contribution in [2.24, 2.45) is 4.99 Å². The molecule has 0 aliphatic heterocycles. The first-order chi connectivity index (χ1) is 15.5. The lowest BCUT2D eigenvalue weighted by Gasteiger charge is -2.07. The summed E-state index contributed by atoms with van der Waals surface area (Å²) in [7, 11) is 0. The predicted octanol–water partition coefficient (Wildman–Crippen LogP) is 5.99. The van der Waals surface area contributed by atoms with E-state index in [4.69, 9.17) is 5.11 Å². The van der Waals surface area contributed by atoms with Gasteiger partial charge in [0.1, 0.15) is 0 Å². The topological polar surface area (TPSA) is 97.7 Å². The minimum atomic E-state index is -0.957. The lowest BCUT2D eigenvalue weighted by atomic mass is 10.2. The number of hydrogen-bond donors (Lipinski definition) is 1. The zero-order valence-corrected chi connectivity index (χ0v) is 17.5. The molecule has 0 aliphatic rings. The predicted molar refractivity (Wildman–Crippen MR) is 124 cm³/mol. The Balaban J connectivity index is 1.45. The molecule has 4 aromatic rings. The van der Waals surface area contributed by atoms with Crippen molar-refractivity contribution in [1.29, 1.82) is 0 Å². The van der Waals surface area contributed by atoms with Gasteiger partial charge in [-0.25, -0.2) is 4.79 Å². The van der Waals surface area contributed by atoms with Gasteiger partial charge in [0.15, 0.2) is 0 Å². The zero-order valence-electron chi connectivity index (χ0n) is 16.7. The standard InChI is InChI=1S/C24H17N3O4S/c28-24(29)17-3-7-19(8-4-17)26-15-1-2-21(26)16-25-18-5-11-22(12-6-18)32-23-13-9-20(10-14-23)27(30)31/h1-16H,(H,28,29). The summed E-state index contributed by atoms with van der Waals surface area (Å²) in [6, 6.07) is 24.6. The van der Waals surface area contributed by atoms with Crippen molar-refractivity contribution in [1.82, 2.24) is 4.57 Å². The molecule has 1 N–H and O–H groups in total. The molecule has 0 spiro atoms. The first-order valence-corrected chi connectivity index (χ1v) is 10.4. The maximum Gasteiger partial charge on any atom is 0.335 e. The maximum atomic E-state index is 11.0. The largest absolute Gasteiger partial charge is 0.478 e. The number of nitro benzene ring substituents is 1. The van der Waals surface area contributed by atoms with Crippen LogP contribution in [0.5, 0.6) is 0 Å². The van der Waals surface area contributed by atoms with Crippen LogP contribution in [0.15, 0.2) is 106 Å². The van der Waals surface area contributed by atoms with Gasteiger partial charge in [-0.1, -0.05) is 11.8 Å². The van der Waals surface area contributed by atoms with E-state index in [0.29, 0.717) is 0 Å². The highest BCUT2D eigenvalue weighted by atomic mass is 32.2. The summed E-state index contributed by atoms with van der Waals surface area (Å²) in [5, 5.41) is 19.8. The Kier molecular flexibility index (Phi) is 6.14. The van der Waals surface area contributed by atoms with Crippen molar-refractivity contribution < 1.29 is 14.8 Å². The third kappa shape index (κ3) is 4.93. The average molecular weight is 443 g/mol. The molecule has 0 saturated heterocycles. The third-order valence-electron chi connectivity index (χ3n) is 4.64. The molecular formula is C24H17N3O4S. The number of carboxylic acids is 1. The Morgan fingerprint density at radius 3 is 2.16 bits per heavy atom. The second kappa shape index (κ2) is 9.32. The molecular weight excluding hydrogens is 426 g/mol. The van der Waals surface area contributed by atoms with Crippen LogP contribution in [0.2, 0.25) is 0 Å². The second-order valence-electron chi connectivity index (χ2n) is 6.76. The molecule has 0 bridgehead atoms. The average Bonchev–Trinajstić information content (AvgIpc) is 3.28. The molecule has 4 rings (SSSR count). The number of carboxylic acid groups (broad SMARTS) is 1. The van der Waals surface area contributed by atoms with E-state index in [1.54, 1.807) is 42.6 Å². The van der Waals surface area contributed by atoms with Crippen LogP contribution in [-0.4, -0.2) is 26.8 Å². The van der Waals surface area contributed by atoms with Gasteiger partial charge in [-0.3, -0.25) is 15.1 Å². The van der Waals surface area contributed by atoms with E-state index < -0.39 is 10.9 Å². The van der Waals surface area contributed by atoms with E-state index in [1.807, 2.05) is 47.2 Å². The summed E-state index contributed by atoms with van der Waals surface area (Å²) in [5.41, 5.74) is 2.80. The van der Waals surface area contributed by atoms with Gasteiger partial charge in [-0.2, -0.15) is 0 Å². The van der Waals surface area contributed by atoms with E-state index in [0.717, 1.165) is 26.9 Å². The summed E-state index contributed by atoms with van der Waals surface area (Å²) in [6.07, 6.45) is 3.64. The number of hydrogen-bond acceptors (Lipinski definition) is 5. The fraction of sp³-hybridized carbons (Fsp3) is 0. The van der Waals surface area contributed by atoms with Gasteiger partial charge in [-0.05, 0) is 72.8 Å². The normalized spacial score (nSPS) is 11.0. The summed E-state index contributed by atoms with van der Waals surface area (Å²) in [4.78, 5) is 27.8. The summed E-state index contributed by atoms with van der Waals surface area (Å²) in [6.45, 7) is 0. The van der Waals surface area contributed by atoms with Gasteiger partial charge < -0.3 is 9.67 Å². The molecule has 0 aliphatic carbocycles.